The number of thiophene rings is 1. The molecule has 0 unspecified atom stereocenters. The molecule has 4 heteroatoms. The maximum absolute atomic E-state index is 12.5. The van der Waals surface area contributed by atoms with Gasteiger partial charge in [-0.15, -0.1) is 11.3 Å². The lowest BCUT2D eigenvalue weighted by molar-refractivity contribution is 0.103. The Morgan fingerprint density at radius 1 is 0.962 bits per heavy atom. The fourth-order valence-electron chi connectivity index (χ4n) is 2.89. The average molecular weight is 365 g/mol. The Bertz CT molecular complexity index is 923. The van der Waals surface area contributed by atoms with E-state index in [2.05, 4.69) is 31.3 Å². The van der Waals surface area contributed by atoms with Gasteiger partial charge in [-0.05, 0) is 74.0 Å². The van der Waals surface area contributed by atoms with Crippen molar-refractivity contribution in [1.82, 2.24) is 0 Å². The molecule has 1 N–H and O–H groups in total. The van der Waals surface area contributed by atoms with Gasteiger partial charge in [-0.2, -0.15) is 0 Å². The summed E-state index contributed by atoms with van der Waals surface area (Å²) < 4.78 is 5.87. The minimum Gasteiger partial charge on any atom is -0.489 e. The highest BCUT2D eigenvalue weighted by atomic mass is 32.1. The Labute approximate surface area is 158 Å². The second kappa shape index (κ2) is 7.75. The first kappa shape index (κ1) is 18.2. The summed E-state index contributed by atoms with van der Waals surface area (Å²) >= 11 is 1.44. The maximum atomic E-state index is 12.5. The third kappa shape index (κ3) is 4.52. The van der Waals surface area contributed by atoms with Crippen molar-refractivity contribution in [3.8, 4) is 5.75 Å². The quantitative estimate of drug-likeness (QED) is 0.619. The molecule has 26 heavy (non-hydrogen) atoms. The number of anilines is 1. The van der Waals surface area contributed by atoms with Crippen LogP contribution >= 0.6 is 11.3 Å². The molecule has 1 aromatic heterocycles. The lowest BCUT2D eigenvalue weighted by Gasteiger charge is -2.08. The number of benzene rings is 2. The lowest BCUT2D eigenvalue weighted by atomic mass is 10.1. The van der Waals surface area contributed by atoms with Crippen LogP contribution < -0.4 is 10.1 Å². The van der Waals surface area contributed by atoms with Crippen molar-refractivity contribution in [2.45, 2.75) is 34.3 Å². The normalized spacial score (nSPS) is 10.6. The highest BCUT2D eigenvalue weighted by Crippen LogP contribution is 2.22. The lowest BCUT2D eigenvalue weighted by Crippen LogP contribution is -2.11. The van der Waals surface area contributed by atoms with Crippen LogP contribution in [0.3, 0.4) is 0 Å². The van der Waals surface area contributed by atoms with Crippen LogP contribution in [0.15, 0.2) is 47.8 Å². The van der Waals surface area contributed by atoms with Crippen molar-refractivity contribution in [3.63, 3.8) is 0 Å². The van der Waals surface area contributed by atoms with Crippen molar-refractivity contribution in [2.24, 2.45) is 0 Å². The number of carbonyl (C=O) groups excluding carboxylic acids is 1. The summed E-state index contributed by atoms with van der Waals surface area (Å²) in [5, 5.41) is 4.96. The molecule has 0 aliphatic carbocycles. The predicted octanol–water partition coefficient (Wildman–Crippen LogP) is 5.81. The molecule has 0 radical (unpaired) electrons. The monoisotopic (exact) mass is 365 g/mol. The number of hydrogen-bond acceptors (Lipinski definition) is 3. The van der Waals surface area contributed by atoms with Gasteiger partial charge in [0.05, 0.1) is 4.88 Å². The molecule has 0 atom stereocenters. The molecule has 0 saturated carbocycles. The largest absolute Gasteiger partial charge is 0.489 e. The zero-order valence-corrected chi connectivity index (χ0v) is 16.4. The van der Waals surface area contributed by atoms with Crippen LogP contribution in [0.1, 0.15) is 37.5 Å². The van der Waals surface area contributed by atoms with Crippen LogP contribution in [0.5, 0.6) is 5.75 Å². The molecule has 134 valence electrons. The predicted molar refractivity (Wildman–Crippen MR) is 108 cm³/mol. The van der Waals surface area contributed by atoms with Gasteiger partial charge in [0.1, 0.15) is 12.4 Å². The standard InChI is InChI=1S/C22H23NO2S/c1-14-5-6-20(17(4)8-14)23-22(24)21-11-18(13-26-21)12-25-19-9-15(2)7-16(3)10-19/h5-11,13H,12H2,1-4H3,(H,23,24). The summed E-state index contributed by atoms with van der Waals surface area (Å²) in [6, 6.07) is 14.1. The summed E-state index contributed by atoms with van der Waals surface area (Å²) in [4.78, 5) is 13.2. The number of nitrogens with one attached hydrogen (secondary N) is 1. The van der Waals surface area contributed by atoms with E-state index in [4.69, 9.17) is 4.74 Å². The Morgan fingerprint density at radius 3 is 2.38 bits per heavy atom. The van der Waals surface area contributed by atoms with Gasteiger partial charge >= 0.3 is 0 Å². The van der Waals surface area contributed by atoms with E-state index in [1.54, 1.807) is 0 Å². The van der Waals surface area contributed by atoms with Gasteiger partial charge in [0.2, 0.25) is 0 Å². The van der Waals surface area contributed by atoms with Gasteiger partial charge in [-0.1, -0.05) is 23.8 Å². The summed E-state index contributed by atoms with van der Waals surface area (Å²) in [6.45, 7) is 8.61. The van der Waals surface area contributed by atoms with Gasteiger partial charge in [-0.25, -0.2) is 0 Å². The molecule has 3 rings (SSSR count). The summed E-state index contributed by atoms with van der Waals surface area (Å²) in [5.41, 5.74) is 6.45. The van der Waals surface area contributed by atoms with E-state index in [-0.39, 0.29) is 5.91 Å². The molecule has 0 bridgehead atoms. The first-order chi connectivity index (χ1) is 12.4. The number of hydrogen-bond donors (Lipinski definition) is 1. The minimum absolute atomic E-state index is 0.0837. The zero-order chi connectivity index (χ0) is 18.7. The van der Waals surface area contributed by atoms with Crippen LogP contribution in [0, 0.1) is 27.7 Å². The fourth-order valence-corrected chi connectivity index (χ4v) is 3.68. The zero-order valence-electron chi connectivity index (χ0n) is 15.6. The number of rotatable bonds is 5. The van der Waals surface area contributed by atoms with Gasteiger partial charge in [0, 0.05) is 11.3 Å². The Morgan fingerprint density at radius 2 is 1.69 bits per heavy atom. The van der Waals surface area contributed by atoms with E-state index in [0.717, 1.165) is 22.6 Å². The number of ether oxygens (including phenoxy) is 1. The van der Waals surface area contributed by atoms with E-state index < -0.39 is 0 Å². The van der Waals surface area contributed by atoms with Gasteiger partial charge in [0.15, 0.2) is 0 Å². The van der Waals surface area contributed by atoms with Crippen LogP contribution in [0.4, 0.5) is 5.69 Å². The van der Waals surface area contributed by atoms with E-state index in [1.165, 1.54) is 28.0 Å². The van der Waals surface area contributed by atoms with E-state index in [0.29, 0.717) is 11.5 Å². The Kier molecular flexibility index (Phi) is 5.43. The van der Waals surface area contributed by atoms with Gasteiger partial charge < -0.3 is 10.1 Å². The van der Waals surface area contributed by atoms with Crippen molar-refractivity contribution < 1.29 is 9.53 Å². The molecule has 1 heterocycles. The van der Waals surface area contributed by atoms with Crippen LogP contribution in [-0.2, 0) is 6.61 Å². The average Bonchev–Trinajstić information content (AvgIpc) is 3.04. The summed E-state index contributed by atoms with van der Waals surface area (Å²) in [6.07, 6.45) is 0. The molecule has 2 aromatic carbocycles. The Balaban J connectivity index is 1.64. The molecule has 3 aromatic rings. The molecule has 0 fully saturated rings. The molecule has 0 spiro atoms. The number of carbonyl (C=O) groups is 1. The molecule has 0 aliphatic heterocycles. The molecule has 1 amide bonds. The SMILES string of the molecule is Cc1cc(C)cc(OCc2csc(C(=O)Nc3ccc(C)cc3C)c2)c1. The van der Waals surface area contributed by atoms with Crippen molar-refractivity contribution >= 4 is 22.9 Å². The maximum Gasteiger partial charge on any atom is 0.265 e. The minimum atomic E-state index is -0.0837. The number of amides is 1. The van der Waals surface area contributed by atoms with E-state index >= 15 is 0 Å². The van der Waals surface area contributed by atoms with Crippen LogP contribution in [0.25, 0.3) is 0 Å². The molecule has 0 aliphatic rings. The smallest absolute Gasteiger partial charge is 0.265 e. The third-order valence-corrected chi connectivity index (χ3v) is 5.09. The van der Waals surface area contributed by atoms with Crippen molar-refractivity contribution in [3.05, 3.63) is 80.5 Å². The summed E-state index contributed by atoms with van der Waals surface area (Å²) in [5.74, 6) is 0.773. The highest BCUT2D eigenvalue weighted by molar-refractivity contribution is 7.12. The van der Waals surface area contributed by atoms with Crippen LogP contribution in [-0.4, -0.2) is 5.91 Å². The van der Waals surface area contributed by atoms with Gasteiger partial charge in [-0.3, -0.25) is 4.79 Å². The highest BCUT2D eigenvalue weighted by Gasteiger charge is 2.11. The van der Waals surface area contributed by atoms with Crippen molar-refractivity contribution in [1.29, 1.82) is 0 Å². The van der Waals surface area contributed by atoms with Crippen molar-refractivity contribution in [2.75, 3.05) is 5.32 Å². The molecule has 0 saturated heterocycles. The van der Waals surface area contributed by atoms with Gasteiger partial charge in [0.25, 0.3) is 5.91 Å². The molecular formula is C22H23NO2S. The molecule has 3 nitrogen and oxygen atoms in total. The topological polar surface area (TPSA) is 38.3 Å². The third-order valence-electron chi connectivity index (χ3n) is 4.11. The van der Waals surface area contributed by atoms with Crippen LogP contribution in [0.2, 0.25) is 0 Å². The Hall–Kier alpha value is -2.59. The number of aryl methyl sites for hydroxylation is 4. The second-order valence-electron chi connectivity index (χ2n) is 6.70. The van der Waals surface area contributed by atoms with E-state index in [1.807, 2.05) is 49.6 Å². The van der Waals surface area contributed by atoms with E-state index in [9.17, 15) is 4.79 Å². The fraction of sp³-hybridized carbons (Fsp3) is 0.227. The summed E-state index contributed by atoms with van der Waals surface area (Å²) in [7, 11) is 0. The molecular weight excluding hydrogens is 342 g/mol. The first-order valence-electron chi connectivity index (χ1n) is 8.58. The first-order valence-corrected chi connectivity index (χ1v) is 9.46. The second-order valence-corrected chi connectivity index (χ2v) is 7.62.